The van der Waals surface area contributed by atoms with Gasteiger partial charge >= 0.3 is 6.18 Å². The van der Waals surface area contributed by atoms with Crippen molar-refractivity contribution in [3.05, 3.63) is 71.3 Å². The average molecular weight is 479 g/mol. The Morgan fingerprint density at radius 1 is 1.09 bits per heavy atom. The Kier molecular flexibility index (Phi) is 7.40. The topological polar surface area (TPSA) is 52.6 Å². The van der Waals surface area contributed by atoms with Crippen molar-refractivity contribution in [2.24, 2.45) is 5.92 Å². The van der Waals surface area contributed by atoms with E-state index in [9.17, 15) is 23.1 Å². The molecule has 1 saturated carbocycles. The van der Waals surface area contributed by atoms with Crippen LogP contribution in [0, 0.1) is 5.92 Å². The maximum atomic E-state index is 15.0. The molecule has 0 radical (unpaired) electrons. The first-order valence-corrected chi connectivity index (χ1v) is 11.8. The van der Waals surface area contributed by atoms with E-state index in [1.807, 2.05) is 4.90 Å². The molecule has 2 aromatic carbocycles. The van der Waals surface area contributed by atoms with E-state index in [-0.39, 0.29) is 24.8 Å². The van der Waals surface area contributed by atoms with Crippen LogP contribution in [0.4, 0.5) is 17.6 Å². The van der Waals surface area contributed by atoms with Gasteiger partial charge in [-0.25, -0.2) is 4.39 Å². The molecule has 2 atom stereocenters. The number of likely N-dealkylation sites (tertiary alicyclic amines) is 1. The van der Waals surface area contributed by atoms with Gasteiger partial charge in [0.1, 0.15) is 0 Å². The maximum absolute atomic E-state index is 15.0. The highest BCUT2D eigenvalue weighted by Gasteiger charge is 2.39. The van der Waals surface area contributed by atoms with Crippen LogP contribution in [0.2, 0.25) is 0 Å². The van der Waals surface area contributed by atoms with Crippen molar-refractivity contribution in [3.8, 4) is 0 Å². The lowest BCUT2D eigenvalue weighted by atomic mass is 9.83. The number of carbonyl (C=O) groups is 1. The highest BCUT2D eigenvalue weighted by atomic mass is 19.4. The second-order valence-corrected chi connectivity index (χ2v) is 9.45. The number of carbonyl (C=O) groups excluding carboxylic acids is 1. The van der Waals surface area contributed by atoms with Gasteiger partial charge in [0.15, 0.2) is 12.0 Å². The first kappa shape index (κ1) is 24.8. The normalized spacial score (nSPS) is 20.6. The van der Waals surface area contributed by atoms with E-state index < -0.39 is 35.5 Å². The van der Waals surface area contributed by atoms with Gasteiger partial charge in [-0.2, -0.15) is 13.2 Å². The summed E-state index contributed by atoms with van der Waals surface area (Å²) in [5.74, 6) is -0.00600. The second-order valence-electron chi connectivity index (χ2n) is 9.45. The molecule has 1 aliphatic heterocycles. The highest BCUT2D eigenvalue weighted by molar-refractivity contribution is 5.99. The Morgan fingerprint density at radius 3 is 2.38 bits per heavy atom. The minimum atomic E-state index is -4.48. The van der Waals surface area contributed by atoms with E-state index in [2.05, 4.69) is 5.32 Å². The zero-order chi connectivity index (χ0) is 24.3. The van der Waals surface area contributed by atoms with Gasteiger partial charge in [0, 0.05) is 25.1 Å². The lowest BCUT2D eigenvalue weighted by Gasteiger charge is -2.42. The Labute approximate surface area is 197 Å². The van der Waals surface area contributed by atoms with Gasteiger partial charge in [0.2, 0.25) is 0 Å². The number of alkyl halides is 4. The first-order valence-electron chi connectivity index (χ1n) is 11.8. The molecule has 2 unspecified atom stereocenters. The molecule has 0 spiro atoms. The van der Waals surface area contributed by atoms with E-state index in [4.69, 9.17) is 0 Å². The average Bonchev–Trinajstić information content (AvgIpc) is 3.66. The maximum Gasteiger partial charge on any atom is 0.416 e. The van der Waals surface area contributed by atoms with E-state index in [1.165, 1.54) is 12.1 Å². The Bertz CT molecular complexity index is 970. The van der Waals surface area contributed by atoms with Crippen molar-refractivity contribution in [3.63, 3.8) is 0 Å². The summed E-state index contributed by atoms with van der Waals surface area (Å²) in [6.45, 7) is 1.48. The molecule has 2 fully saturated rings. The van der Waals surface area contributed by atoms with E-state index in [1.54, 1.807) is 30.3 Å². The summed E-state index contributed by atoms with van der Waals surface area (Å²) < 4.78 is 54.4. The van der Waals surface area contributed by atoms with Crippen molar-refractivity contribution in [1.82, 2.24) is 10.2 Å². The van der Waals surface area contributed by atoms with Crippen LogP contribution in [0.5, 0.6) is 0 Å². The third-order valence-corrected chi connectivity index (χ3v) is 6.91. The smallest absolute Gasteiger partial charge is 0.385 e. The molecule has 184 valence electrons. The van der Waals surface area contributed by atoms with Gasteiger partial charge in [-0.1, -0.05) is 42.5 Å². The molecule has 0 amide bonds. The van der Waals surface area contributed by atoms with Gasteiger partial charge in [-0.15, -0.1) is 0 Å². The van der Waals surface area contributed by atoms with Crippen molar-refractivity contribution in [2.75, 3.05) is 19.6 Å². The third kappa shape index (κ3) is 6.03. The SMILES string of the molecule is O=C(c1ccccc1)C(F)CC(NCC1CC1)N1CCC(O)(c2cccc(C(F)(F)F)c2)CC1. The number of piperidine rings is 1. The number of aliphatic hydroxyl groups is 1. The predicted octanol–water partition coefficient (Wildman–Crippen LogP) is 4.93. The van der Waals surface area contributed by atoms with Crippen LogP contribution in [0.15, 0.2) is 54.6 Å². The molecule has 4 rings (SSSR count). The van der Waals surface area contributed by atoms with E-state index >= 15 is 4.39 Å². The number of rotatable bonds is 9. The van der Waals surface area contributed by atoms with Crippen LogP contribution >= 0.6 is 0 Å². The van der Waals surface area contributed by atoms with Crippen LogP contribution in [0.1, 0.15) is 53.6 Å². The summed E-state index contributed by atoms with van der Waals surface area (Å²) in [6.07, 6.45) is -3.89. The summed E-state index contributed by atoms with van der Waals surface area (Å²) in [4.78, 5) is 14.6. The number of nitrogens with zero attached hydrogens (tertiary/aromatic N) is 1. The van der Waals surface area contributed by atoms with Crippen LogP contribution in [-0.2, 0) is 11.8 Å². The molecule has 8 heteroatoms. The Morgan fingerprint density at radius 2 is 1.76 bits per heavy atom. The van der Waals surface area contributed by atoms with Crippen LogP contribution in [0.3, 0.4) is 0 Å². The number of ketones is 1. The zero-order valence-electron chi connectivity index (χ0n) is 18.9. The van der Waals surface area contributed by atoms with Crippen molar-refractivity contribution < 1.29 is 27.5 Å². The molecule has 0 bridgehead atoms. The fourth-order valence-electron chi connectivity index (χ4n) is 4.55. The molecule has 1 aliphatic carbocycles. The highest BCUT2D eigenvalue weighted by Crippen LogP contribution is 2.37. The van der Waals surface area contributed by atoms with Gasteiger partial charge in [0.25, 0.3) is 0 Å². The Balaban J connectivity index is 1.43. The number of hydrogen-bond donors (Lipinski definition) is 2. The fraction of sp³-hybridized carbons (Fsp3) is 0.500. The molecular weight excluding hydrogens is 448 g/mol. The fourth-order valence-corrected chi connectivity index (χ4v) is 4.55. The predicted molar refractivity (Wildman–Crippen MR) is 121 cm³/mol. The van der Waals surface area contributed by atoms with Crippen molar-refractivity contribution >= 4 is 5.78 Å². The number of hydrogen-bond acceptors (Lipinski definition) is 4. The summed E-state index contributed by atoms with van der Waals surface area (Å²) >= 11 is 0. The molecule has 0 aromatic heterocycles. The minimum Gasteiger partial charge on any atom is -0.385 e. The number of Topliss-reactive ketones (excluding diaryl/α,β-unsaturated/α-hetero) is 1. The summed E-state index contributed by atoms with van der Waals surface area (Å²) in [7, 11) is 0. The number of nitrogens with one attached hydrogen (secondary N) is 1. The molecule has 34 heavy (non-hydrogen) atoms. The van der Waals surface area contributed by atoms with Crippen LogP contribution in [0.25, 0.3) is 0 Å². The van der Waals surface area contributed by atoms with Gasteiger partial charge < -0.3 is 10.4 Å². The molecule has 2 aliphatic rings. The molecule has 1 heterocycles. The number of benzene rings is 2. The zero-order valence-corrected chi connectivity index (χ0v) is 18.9. The monoisotopic (exact) mass is 478 g/mol. The lowest BCUT2D eigenvalue weighted by molar-refractivity contribution is -0.137. The van der Waals surface area contributed by atoms with E-state index in [0.29, 0.717) is 24.6 Å². The van der Waals surface area contributed by atoms with Gasteiger partial charge in [-0.3, -0.25) is 9.69 Å². The molecule has 1 saturated heterocycles. The summed E-state index contributed by atoms with van der Waals surface area (Å²) in [5.41, 5.74) is -1.60. The van der Waals surface area contributed by atoms with Crippen molar-refractivity contribution in [2.45, 2.75) is 56.2 Å². The molecular formula is C26H30F4N2O2. The first-order chi connectivity index (χ1) is 16.2. The van der Waals surface area contributed by atoms with Crippen LogP contribution in [-0.4, -0.2) is 47.8 Å². The largest absolute Gasteiger partial charge is 0.416 e. The molecule has 4 nitrogen and oxygen atoms in total. The minimum absolute atomic E-state index is 0.0254. The molecule has 2 N–H and O–H groups in total. The van der Waals surface area contributed by atoms with E-state index in [0.717, 1.165) is 31.5 Å². The van der Waals surface area contributed by atoms with Gasteiger partial charge in [-0.05, 0) is 55.8 Å². The number of halogens is 4. The van der Waals surface area contributed by atoms with Gasteiger partial charge in [0.05, 0.1) is 17.3 Å². The second kappa shape index (κ2) is 10.1. The Hall–Kier alpha value is -2.29. The quantitative estimate of drug-likeness (QED) is 0.397. The third-order valence-electron chi connectivity index (χ3n) is 6.91. The lowest BCUT2D eigenvalue weighted by Crippen LogP contribution is -2.53. The molecule has 2 aromatic rings. The summed E-state index contributed by atoms with van der Waals surface area (Å²) in [5, 5.41) is 14.5. The standard InChI is InChI=1S/C26H30F4N2O2/c27-22(24(33)19-5-2-1-3-6-19)16-23(31-17-18-9-10-18)32-13-11-25(34,12-14-32)20-7-4-8-21(15-20)26(28,29)30/h1-8,15,18,22-23,31,34H,9-14,16-17H2. The van der Waals surface area contributed by atoms with Crippen molar-refractivity contribution in [1.29, 1.82) is 0 Å². The van der Waals surface area contributed by atoms with Crippen LogP contribution < -0.4 is 5.32 Å². The summed E-state index contributed by atoms with van der Waals surface area (Å²) in [6, 6.07) is 13.2.